The molecule has 1 fully saturated rings. The van der Waals surface area contributed by atoms with E-state index >= 15 is 0 Å². The largest absolute Gasteiger partial charge is 0.386 e. The van der Waals surface area contributed by atoms with Gasteiger partial charge in [0.15, 0.2) is 9.84 Å². The molecule has 0 bridgehead atoms. The van der Waals surface area contributed by atoms with Crippen LogP contribution in [0, 0.1) is 5.41 Å². The maximum absolute atomic E-state index is 12.1. The summed E-state index contributed by atoms with van der Waals surface area (Å²) >= 11 is 0. The van der Waals surface area contributed by atoms with Crippen LogP contribution in [-0.4, -0.2) is 24.8 Å². The molecule has 0 heterocycles. The molecule has 0 saturated heterocycles. The summed E-state index contributed by atoms with van der Waals surface area (Å²) in [5.41, 5.74) is 5.52. The fraction of sp³-hybridized carbons (Fsp3) is 0.900. The lowest BCUT2D eigenvalue weighted by Gasteiger charge is -2.35. The van der Waals surface area contributed by atoms with E-state index in [1.165, 1.54) is 0 Å². The molecular weight excluding hydrogens is 212 g/mol. The molecule has 0 unspecified atom stereocenters. The molecule has 0 amide bonds. The molecule has 1 aliphatic rings. The third kappa shape index (κ3) is 2.17. The lowest BCUT2D eigenvalue weighted by atomic mass is 9.87. The molecule has 1 saturated carbocycles. The van der Waals surface area contributed by atoms with Gasteiger partial charge in [-0.3, -0.25) is 5.41 Å². The van der Waals surface area contributed by atoms with Crippen LogP contribution in [-0.2, 0) is 9.84 Å². The van der Waals surface area contributed by atoms with E-state index in [4.69, 9.17) is 11.1 Å². The first-order valence-corrected chi connectivity index (χ1v) is 7.18. The van der Waals surface area contributed by atoms with Crippen molar-refractivity contribution in [2.45, 2.75) is 50.2 Å². The number of nitrogens with one attached hydrogen (secondary N) is 1. The summed E-state index contributed by atoms with van der Waals surface area (Å²) < 4.78 is 23.2. The molecule has 0 radical (unpaired) electrons. The molecule has 1 rings (SSSR count). The van der Waals surface area contributed by atoms with E-state index in [-0.39, 0.29) is 11.6 Å². The van der Waals surface area contributed by atoms with Gasteiger partial charge in [0.1, 0.15) is 10.6 Å². The number of amidine groups is 1. The zero-order valence-electron chi connectivity index (χ0n) is 9.25. The number of rotatable bonds is 4. The zero-order valence-corrected chi connectivity index (χ0v) is 10.1. The first-order valence-electron chi connectivity index (χ1n) is 5.53. The Morgan fingerprint density at radius 1 is 1.33 bits per heavy atom. The Morgan fingerprint density at radius 2 is 1.87 bits per heavy atom. The average molecular weight is 232 g/mol. The fourth-order valence-corrected chi connectivity index (χ4v) is 4.51. The lowest BCUT2D eigenvalue weighted by molar-refractivity contribution is 0.437. The minimum atomic E-state index is -3.24. The maximum Gasteiger partial charge on any atom is 0.163 e. The van der Waals surface area contributed by atoms with Crippen molar-refractivity contribution in [3.8, 4) is 0 Å². The van der Waals surface area contributed by atoms with Crippen molar-refractivity contribution in [2.75, 3.05) is 5.75 Å². The van der Waals surface area contributed by atoms with Gasteiger partial charge >= 0.3 is 0 Å². The van der Waals surface area contributed by atoms with Crippen LogP contribution in [0.15, 0.2) is 0 Å². The van der Waals surface area contributed by atoms with Gasteiger partial charge in [0.2, 0.25) is 0 Å². The molecule has 0 aromatic rings. The van der Waals surface area contributed by atoms with Crippen LogP contribution in [0.5, 0.6) is 0 Å². The summed E-state index contributed by atoms with van der Waals surface area (Å²) in [5.74, 6) is -0.0114. The van der Waals surface area contributed by atoms with E-state index in [2.05, 4.69) is 0 Å². The zero-order chi connectivity index (χ0) is 11.5. The predicted molar refractivity (Wildman–Crippen MR) is 61.8 cm³/mol. The van der Waals surface area contributed by atoms with Crippen LogP contribution in [0.4, 0.5) is 0 Å². The van der Waals surface area contributed by atoms with Crippen molar-refractivity contribution in [3.63, 3.8) is 0 Å². The Morgan fingerprint density at radius 3 is 2.27 bits per heavy atom. The highest BCUT2D eigenvalue weighted by molar-refractivity contribution is 7.93. The molecule has 4 nitrogen and oxygen atoms in total. The number of hydrogen-bond acceptors (Lipinski definition) is 3. The van der Waals surface area contributed by atoms with Crippen LogP contribution in [0.25, 0.3) is 0 Å². The van der Waals surface area contributed by atoms with Crippen molar-refractivity contribution < 1.29 is 8.42 Å². The number of sulfone groups is 1. The van der Waals surface area contributed by atoms with E-state index in [1.54, 1.807) is 0 Å². The molecule has 3 N–H and O–H groups in total. The highest BCUT2D eigenvalue weighted by Gasteiger charge is 2.46. The fourth-order valence-electron chi connectivity index (χ4n) is 2.33. The van der Waals surface area contributed by atoms with Gasteiger partial charge in [0, 0.05) is 0 Å². The standard InChI is InChI=1S/C10H20N2O2S/c1-2-8-15(13,14)10(9(11)12)6-4-3-5-7-10/h2-8H2,1H3,(H3,11,12). The summed E-state index contributed by atoms with van der Waals surface area (Å²) in [6.45, 7) is 1.84. The van der Waals surface area contributed by atoms with Crippen molar-refractivity contribution in [1.82, 2.24) is 0 Å². The molecule has 0 aromatic heterocycles. The maximum atomic E-state index is 12.1. The minimum absolute atomic E-state index is 0.145. The van der Waals surface area contributed by atoms with Crippen LogP contribution in [0.3, 0.4) is 0 Å². The third-order valence-electron chi connectivity index (χ3n) is 3.22. The van der Waals surface area contributed by atoms with Gasteiger partial charge in [-0.25, -0.2) is 8.42 Å². The average Bonchev–Trinajstić information content (AvgIpc) is 2.18. The molecule has 0 aromatic carbocycles. The van der Waals surface area contributed by atoms with Crippen LogP contribution in [0.2, 0.25) is 0 Å². The molecule has 88 valence electrons. The van der Waals surface area contributed by atoms with Crippen LogP contribution in [0.1, 0.15) is 45.4 Å². The number of hydrogen-bond donors (Lipinski definition) is 2. The third-order valence-corrected chi connectivity index (χ3v) is 5.98. The second-order valence-electron chi connectivity index (χ2n) is 4.29. The molecule has 0 aliphatic heterocycles. The Bertz CT molecular complexity index is 329. The Balaban J connectivity index is 3.05. The quantitative estimate of drug-likeness (QED) is 0.568. The minimum Gasteiger partial charge on any atom is -0.386 e. The monoisotopic (exact) mass is 232 g/mol. The summed E-state index contributed by atoms with van der Waals surface area (Å²) in [5, 5.41) is 7.57. The Kier molecular flexibility index (Phi) is 3.76. The van der Waals surface area contributed by atoms with Crippen molar-refractivity contribution >= 4 is 15.7 Å². The molecule has 1 aliphatic carbocycles. The summed E-state index contributed by atoms with van der Waals surface area (Å²) in [6, 6.07) is 0. The second-order valence-corrected chi connectivity index (χ2v) is 6.71. The molecule has 0 spiro atoms. The van der Waals surface area contributed by atoms with E-state index in [0.717, 1.165) is 19.3 Å². The van der Waals surface area contributed by atoms with Gasteiger partial charge in [-0.15, -0.1) is 0 Å². The van der Waals surface area contributed by atoms with Crippen molar-refractivity contribution in [2.24, 2.45) is 5.73 Å². The Labute approximate surface area is 91.7 Å². The lowest BCUT2D eigenvalue weighted by Crippen LogP contribution is -2.52. The van der Waals surface area contributed by atoms with Gasteiger partial charge in [0.25, 0.3) is 0 Å². The first-order chi connectivity index (χ1) is 6.96. The van der Waals surface area contributed by atoms with Gasteiger partial charge < -0.3 is 5.73 Å². The second kappa shape index (κ2) is 4.51. The van der Waals surface area contributed by atoms with E-state index in [1.807, 2.05) is 6.92 Å². The van der Waals surface area contributed by atoms with Crippen LogP contribution >= 0.6 is 0 Å². The topological polar surface area (TPSA) is 84.0 Å². The SMILES string of the molecule is CCCS(=O)(=O)C1(C(=N)N)CCCCC1. The summed E-state index contributed by atoms with van der Waals surface area (Å²) in [7, 11) is -3.24. The van der Waals surface area contributed by atoms with Crippen molar-refractivity contribution in [1.29, 1.82) is 5.41 Å². The van der Waals surface area contributed by atoms with Crippen molar-refractivity contribution in [3.05, 3.63) is 0 Å². The van der Waals surface area contributed by atoms with E-state index in [0.29, 0.717) is 19.3 Å². The smallest absolute Gasteiger partial charge is 0.163 e. The normalized spacial score (nSPS) is 21.1. The molecular formula is C10H20N2O2S. The van der Waals surface area contributed by atoms with Gasteiger partial charge in [-0.2, -0.15) is 0 Å². The highest BCUT2D eigenvalue weighted by Crippen LogP contribution is 2.35. The predicted octanol–water partition coefficient (Wildman–Crippen LogP) is 1.45. The van der Waals surface area contributed by atoms with E-state index < -0.39 is 14.6 Å². The molecule has 15 heavy (non-hydrogen) atoms. The van der Waals surface area contributed by atoms with Gasteiger partial charge in [0.05, 0.1) is 5.75 Å². The van der Waals surface area contributed by atoms with E-state index in [9.17, 15) is 8.42 Å². The van der Waals surface area contributed by atoms with Crippen LogP contribution < -0.4 is 5.73 Å². The summed E-state index contributed by atoms with van der Waals surface area (Å²) in [6.07, 6.45) is 4.44. The Hall–Kier alpha value is -0.580. The first kappa shape index (κ1) is 12.5. The number of nitrogens with two attached hydrogens (primary N) is 1. The molecule has 0 atom stereocenters. The highest BCUT2D eigenvalue weighted by atomic mass is 32.2. The van der Waals surface area contributed by atoms with Gasteiger partial charge in [-0.05, 0) is 19.3 Å². The molecule has 5 heteroatoms. The summed E-state index contributed by atoms with van der Waals surface area (Å²) in [4.78, 5) is 0. The van der Waals surface area contributed by atoms with Gasteiger partial charge in [-0.1, -0.05) is 26.2 Å².